The first kappa shape index (κ1) is 18.1. The van der Waals surface area contributed by atoms with Crippen LogP contribution in [0.15, 0.2) is 64.6 Å². The summed E-state index contributed by atoms with van der Waals surface area (Å²) in [6.45, 7) is 0. The maximum atomic E-state index is 13.4. The highest BCUT2D eigenvalue weighted by atomic mass is 79.9. The van der Waals surface area contributed by atoms with Crippen LogP contribution in [-0.2, 0) is 9.53 Å². The molecule has 2 heterocycles. The van der Waals surface area contributed by atoms with Gasteiger partial charge in [0.05, 0.1) is 18.7 Å². The molecule has 4 rings (SSSR count). The molecule has 0 bridgehead atoms. The lowest BCUT2D eigenvalue weighted by molar-refractivity contribution is -0.134. The third-order valence-corrected chi connectivity index (χ3v) is 4.89. The molecule has 0 aliphatic carbocycles. The minimum atomic E-state index is -0.698. The number of rotatable bonds is 4. The van der Waals surface area contributed by atoms with Crippen molar-refractivity contribution < 1.29 is 14.3 Å². The van der Waals surface area contributed by atoms with Crippen molar-refractivity contribution in [3.63, 3.8) is 0 Å². The monoisotopic (exact) mass is 439 g/mol. The molecular formula is C19H14BrN5O3. The van der Waals surface area contributed by atoms with E-state index in [0.29, 0.717) is 5.56 Å². The maximum absolute atomic E-state index is 13.4. The average Bonchev–Trinajstić information content (AvgIpc) is 3.21. The second kappa shape index (κ2) is 7.35. The van der Waals surface area contributed by atoms with E-state index in [4.69, 9.17) is 4.74 Å². The van der Waals surface area contributed by atoms with Crippen LogP contribution < -0.4 is 5.32 Å². The SMILES string of the molecule is COC(=O)C1=C(C(=O)c2ccccc2)[C@H](c2ccc(Br)cc2)Nc2nnnn21. The normalized spacial score (nSPS) is 15.6. The molecule has 9 heteroatoms. The number of methoxy groups -OCH3 is 1. The van der Waals surface area contributed by atoms with Crippen molar-refractivity contribution in [2.24, 2.45) is 0 Å². The van der Waals surface area contributed by atoms with Gasteiger partial charge in [-0.2, -0.15) is 4.68 Å². The summed E-state index contributed by atoms with van der Waals surface area (Å²) in [4.78, 5) is 26.0. The lowest BCUT2D eigenvalue weighted by atomic mass is 9.89. The zero-order valence-corrected chi connectivity index (χ0v) is 16.3. The highest BCUT2D eigenvalue weighted by molar-refractivity contribution is 9.10. The summed E-state index contributed by atoms with van der Waals surface area (Å²) < 4.78 is 7.02. The number of halogens is 1. The van der Waals surface area contributed by atoms with Gasteiger partial charge in [-0.1, -0.05) is 63.5 Å². The Balaban J connectivity index is 1.96. The number of carbonyl (C=O) groups excluding carboxylic acids is 2. The van der Waals surface area contributed by atoms with Gasteiger partial charge in [-0.15, -0.1) is 0 Å². The van der Waals surface area contributed by atoms with Crippen LogP contribution in [-0.4, -0.2) is 39.1 Å². The van der Waals surface area contributed by atoms with E-state index >= 15 is 0 Å². The van der Waals surface area contributed by atoms with Gasteiger partial charge in [0.2, 0.25) is 5.95 Å². The number of carbonyl (C=O) groups is 2. The van der Waals surface area contributed by atoms with Gasteiger partial charge in [0.1, 0.15) is 0 Å². The molecule has 0 saturated heterocycles. The van der Waals surface area contributed by atoms with E-state index < -0.39 is 12.0 Å². The molecule has 28 heavy (non-hydrogen) atoms. The largest absolute Gasteiger partial charge is 0.464 e. The number of aromatic nitrogens is 4. The van der Waals surface area contributed by atoms with Gasteiger partial charge < -0.3 is 10.1 Å². The molecule has 0 fully saturated rings. The minimum Gasteiger partial charge on any atom is -0.464 e. The fraction of sp³-hybridized carbons (Fsp3) is 0.105. The number of hydrogen-bond donors (Lipinski definition) is 1. The molecule has 1 atom stereocenters. The van der Waals surface area contributed by atoms with E-state index in [9.17, 15) is 9.59 Å². The zero-order chi connectivity index (χ0) is 19.7. The summed E-state index contributed by atoms with van der Waals surface area (Å²) in [5, 5.41) is 14.5. The molecule has 0 radical (unpaired) electrons. The Morgan fingerprint density at radius 2 is 1.82 bits per heavy atom. The first-order chi connectivity index (χ1) is 13.6. The van der Waals surface area contributed by atoms with E-state index in [1.54, 1.807) is 24.3 Å². The molecule has 0 saturated carbocycles. The summed E-state index contributed by atoms with van der Waals surface area (Å²) in [5.74, 6) is -0.767. The number of benzene rings is 2. The van der Waals surface area contributed by atoms with Gasteiger partial charge in [-0.25, -0.2) is 4.79 Å². The van der Waals surface area contributed by atoms with Crippen molar-refractivity contribution >= 4 is 39.3 Å². The fourth-order valence-electron chi connectivity index (χ4n) is 3.06. The minimum absolute atomic E-state index is 0.0111. The zero-order valence-electron chi connectivity index (χ0n) is 14.7. The van der Waals surface area contributed by atoms with Crippen LogP contribution in [0.2, 0.25) is 0 Å². The number of anilines is 1. The van der Waals surface area contributed by atoms with Crippen molar-refractivity contribution in [3.8, 4) is 0 Å². The standard InChI is InChI=1S/C19H14BrN5O3/c1-28-18(27)16-14(17(26)12-5-3-2-4-6-12)15(11-7-9-13(20)10-8-11)21-19-22-23-24-25(16)19/h2-10,15H,1H3,(H,21,22,24)/t15-/m0/s1. The van der Waals surface area contributed by atoms with Crippen molar-refractivity contribution in [3.05, 3.63) is 75.8 Å². The van der Waals surface area contributed by atoms with E-state index in [-0.39, 0.29) is 23.0 Å². The summed E-state index contributed by atoms with van der Waals surface area (Å²) in [5.41, 5.74) is 1.42. The Labute approximate surface area is 168 Å². The highest BCUT2D eigenvalue weighted by Crippen LogP contribution is 2.37. The molecule has 1 aliphatic rings. The molecule has 1 N–H and O–H groups in total. The van der Waals surface area contributed by atoms with Gasteiger partial charge in [-0.05, 0) is 28.1 Å². The smallest absolute Gasteiger partial charge is 0.357 e. The van der Waals surface area contributed by atoms with Crippen LogP contribution in [0.5, 0.6) is 0 Å². The Morgan fingerprint density at radius 3 is 2.50 bits per heavy atom. The first-order valence-corrected chi connectivity index (χ1v) is 9.12. The van der Waals surface area contributed by atoms with Gasteiger partial charge in [0.25, 0.3) is 0 Å². The van der Waals surface area contributed by atoms with E-state index in [2.05, 4.69) is 36.8 Å². The molecule has 1 aliphatic heterocycles. The number of ketones is 1. The second-order valence-electron chi connectivity index (χ2n) is 5.99. The van der Waals surface area contributed by atoms with Crippen molar-refractivity contribution in [1.82, 2.24) is 20.2 Å². The van der Waals surface area contributed by atoms with Gasteiger partial charge in [-0.3, -0.25) is 4.79 Å². The second-order valence-corrected chi connectivity index (χ2v) is 6.91. The van der Waals surface area contributed by atoms with Crippen molar-refractivity contribution in [1.29, 1.82) is 0 Å². The summed E-state index contributed by atoms with van der Waals surface area (Å²) in [6, 6.07) is 15.5. The summed E-state index contributed by atoms with van der Waals surface area (Å²) in [6.07, 6.45) is 0. The Hall–Kier alpha value is -3.33. The lowest BCUT2D eigenvalue weighted by Gasteiger charge is -2.28. The Morgan fingerprint density at radius 1 is 1.11 bits per heavy atom. The number of nitrogens with zero attached hydrogens (tertiary/aromatic N) is 4. The van der Waals surface area contributed by atoms with Crippen molar-refractivity contribution in [2.45, 2.75) is 6.04 Å². The first-order valence-electron chi connectivity index (χ1n) is 8.33. The quantitative estimate of drug-likeness (QED) is 0.492. The van der Waals surface area contributed by atoms with Crippen LogP contribution in [0.3, 0.4) is 0 Å². The number of ether oxygens (including phenoxy) is 1. The third-order valence-electron chi connectivity index (χ3n) is 4.36. The van der Waals surface area contributed by atoms with E-state index in [0.717, 1.165) is 10.0 Å². The maximum Gasteiger partial charge on any atom is 0.357 e. The van der Waals surface area contributed by atoms with Gasteiger partial charge in [0, 0.05) is 10.0 Å². The molecule has 1 aromatic heterocycles. The fourth-order valence-corrected chi connectivity index (χ4v) is 3.33. The molecule has 0 spiro atoms. The number of tetrazole rings is 1. The summed E-state index contributed by atoms with van der Waals surface area (Å²) in [7, 11) is 1.25. The Bertz CT molecular complexity index is 1080. The van der Waals surface area contributed by atoms with Crippen LogP contribution >= 0.6 is 15.9 Å². The van der Waals surface area contributed by atoms with Crippen LogP contribution in [0.4, 0.5) is 5.95 Å². The highest BCUT2D eigenvalue weighted by Gasteiger charge is 2.38. The number of Topliss-reactive ketones (excluding diaryl/α,β-unsaturated/α-hetero) is 1. The molecule has 8 nitrogen and oxygen atoms in total. The van der Waals surface area contributed by atoms with Crippen LogP contribution in [0.25, 0.3) is 5.70 Å². The van der Waals surface area contributed by atoms with Gasteiger partial charge in [0.15, 0.2) is 11.5 Å². The molecule has 3 aromatic rings. The Kier molecular flexibility index (Phi) is 4.74. The number of hydrogen-bond acceptors (Lipinski definition) is 7. The van der Waals surface area contributed by atoms with Crippen molar-refractivity contribution in [2.75, 3.05) is 12.4 Å². The number of fused-ring (bicyclic) bond motifs is 1. The molecule has 0 unspecified atom stereocenters. The van der Waals surface area contributed by atoms with E-state index in [1.165, 1.54) is 11.8 Å². The predicted molar refractivity (Wildman–Crippen MR) is 104 cm³/mol. The topological polar surface area (TPSA) is 99.0 Å². The average molecular weight is 440 g/mol. The number of esters is 1. The predicted octanol–water partition coefficient (Wildman–Crippen LogP) is 2.87. The molecular weight excluding hydrogens is 426 g/mol. The van der Waals surface area contributed by atoms with Gasteiger partial charge >= 0.3 is 5.97 Å². The van der Waals surface area contributed by atoms with Crippen LogP contribution in [0.1, 0.15) is 22.0 Å². The van der Waals surface area contributed by atoms with Crippen LogP contribution in [0, 0.1) is 0 Å². The third kappa shape index (κ3) is 3.09. The summed E-state index contributed by atoms with van der Waals surface area (Å²) >= 11 is 3.41. The molecule has 0 amide bonds. The molecule has 2 aromatic carbocycles. The lowest BCUT2D eigenvalue weighted by Crippen LogP contribution is -2.31. The number of nitrogens with one attached hydrogen (secondary N) is 1. The van der Waals surface area contributed by atoms with E-state index in [1.807, 2.05) is 30.3 Å². The molecule has 140 valence electrons.